The molecular formula is C25H28N4O3. The van der Waals surface area contributed by atoms with Crippen molar-refractivity contribution < 1.29 is 9.53 Å². The molecular weight excluding hydrogens is 404 g/mol. The van der Waals surface area contributed by atoms with Crippen LogP contribution in [0, 0.1) is 5.92 Å². The minimum Gasteiger partial charge on any atom is -0.493 e. The highest BCUT2D eigenvalue weighted by Gasteiger charge is 2.18. The van der Waals surface area contributed by atoms with Gasteiger partial charge in [0.15, 0.2) is 5.82 Å². The average molecular weight is 433 g/mol. The first kappa shape index (κ1) is 21.7. The van der Waals surface area contributed by atoms with Crippen molar-refractivity contribution in [3.05, 3.63) is 76.2 Å². The maximum atomic E-state index is 12.5. The number of aromatic amines is 1. The lowest BCUT2D eigenvalue weighted by molar-refractivity contribution is -0.121. The molecule has 1 aliphatic rings. The Morgan fingerprint density at radius 3 is 2.69 bits per heavy atom. The van der Waals surface area contributed by atoms with Gasteiger partial charge in [0, 0.05) is 18.4 Å². The molecule has 166 valence electrons. The van der Waals surface area contributed by atoms with Gasteiger partial charge in [-0.15, -0.1) is 10.2 Å². The van der Waals surface area contributed by atoms with Gasteiger partial charge in [0.05, 0.1) is 12.6 Å². The van der Waals surface area contributed by atoms with Crippen LogP contribution >= 0.6 is 0 Å². The third kappa shape index (κ3) is 5.60. The Morgan fingerprint density at radius 1 is 1.16 bits per heavy atom. The number of hydrogen-bond donors (Lipinski definition) is 2. The van der Waals surface area contributed by atoms with Crippen molar-refractivity contribution in [2.24, 2.45) is 5.92 Å². The molecule has 2 aromatic carbocycles. The molecule has 1 fully saturated rings. The molecule has 7 heteroatoms. The summed E-state index contributed by atoms with van der Waals surface area (Å²) in [4.78, 5) is 27.6. The minimum atomic E-state index is -0.334. The fraction of sp³-hybridized carbons (Fsp3) is 0.360. The van der Waals surface area contributed by atoms with E-state index in [1.807, 2.05) is 61.5 Å². The highest BCUT2D eigenvalue weighted by atomic mass is 16.5. The normalized spacial score (nSPS) is 14.4. The molecule has 4 rings (SSSR count). The Hall–Kier alpha value is -3.48. The van der Waals surface area contributed by atoms with Crippen LogP contribution in [0.25, 0.3) is 11.4 Å². The molecule has 0 bridgehead atoms. The maximum Gasteiger partial charge on any atom is 0.273 e. The molecule has 7 nitrogen and oxygen atoms in total. The number of benzene rings is 2. The maximum absolute atomic E-state index is 12.5. The van der Waals surface area contributed by atoms with E-state index in [0.717, 1.165) is 23.5 Å². The van der Waals surface area contributed by atoms with Gasteiger partial charge in [0.25, 0.3) is 5.56 Å². The molecule has 0 aliphatic heterocycles. The number of aromatic nitrogens is 3. The van der Waals surface area contributed by atoms with Crippen LogP contribution in [0.5, 0.6) is 5.75 Å². The summed E-state index contributed by atoms with van der Waals surface area (Å²) in [7, 11) is 0. The number of aryl methyl sites for hydroxylation is 1. The van der Waals surface area contributed by atoms with Crippen molar-refractivity contribution in [1.29, 1.82) is 0 Å². The van der Waals surface area contributed by atoms with E-state index in [1.54, 1.807) is 0 Å². The lowest BCUT2D eigenvalue weighted by Crippen LogP contribution is -2.28. The first-order valence-corrected chi connectivity index (χ1v) is 11.1. The molecule has 0 spiro atoms. The summed E-state index contributed by atoms with van der Waals surface area (Å²) in [6.07, 6.45) is 4.12. The third-order valence-corrected chi connectivity index (χ3v) is 5.85. The van der Waals surface area contributed by atoms with Crippen molar-refractivity contribution in [2.75, 3.05) is 6.61 Å². The van der Waals surface area contributed by atoms with Gasteiger partial charge in [-0.05, 0) is 43.4 Å². The summed E-state index contributed by atoms with van der Waals surface area (Å²) in [6.45, 7) is 2.65. The van der Waals surface area contributed by atoms with Crippen LogP contribution in [-0.2, 0) is 11.2 Å². The lowest BCUT2D eigenvalue weighted by atomic mass is 9.86. The summed E-state index contributed by atoms with van der Waals surface area (Å²) in [5.41, 5.74) is 1.68. The standard InChI is InChI=1S/C25H28N4O3/c1-17(19-9-3-2-4-10-19)26-23(30)14-13-22-25(31)27-24(29-28-22)20-11-6-12-21(15-20)32-16-18-7-5-8-18/h2-4,6,9-12,15,17-18H,5,7-8,13-14,16H2,1H3,(H,26,30)(H,27,29,31). The number of rotatable bonds is 9. The van der Waals surface area contributed by atoms with Crippen LogP contribution in [-0.4, -0.2) is 27.7 Å². The average Bonchev–Trinajstić information content (AvgIpc) is 2.78. The van der Waals surface area contributed by atoms with Gasteiger partial charge in [0.2, 0.25) is 5.91 Å². The van der Waals surface area contributed by atoms with Gasteiger partial charge in [-0.2, -0.15) is 0 Å². The van der Waals surface area contributed by atoms with Crippen LogP contribution < -0.4 is 15.6 Å². The van der Waals surface area contributed by atoms with E-state index in [-0.39, 0.29) is 36.0 Å². The van der Waals surface area contributed by atoms with Crippen molar-refractivity contribution in [3.8, 4) is 17.1 Å². The Kier molecular flexibility index (Phi) is 6.94. The number of carbonyl (C=O) groups excluding carboxylic acids is 1. The number of nitrogens with zero attached hydrogens (tertiary/aromatic N) is 2. The third-order valence-electron chi connectivity index (χ3n) is 5.85. The number of nitrogens with one attached hydrogen (secondary N) is 2. The topological polar surface area (TPSA) is 97.0 Å². The van der Waals surface area contributed by atoms with Gasteiger partial charge in [-0.1, -0.05) is 48.9 Å². The Morgan fingerprint density at radius 2 is 1.97 bits per heavy atom. The van der Waals surface area contributed by atoms with Crippen molar-refractivity contribution in [1.82, 2.24) is 20.5 Å². The Bertz CT molecular complexity index is 1110. The van der Waals surface area contributed by atoms with Crippen molar-refractivity contribution >= 4 is 5.91 Å². The van der Waals surface area contributed by atoms with Crippen LogP contribution in [0.2, 0.25) is 0 Å². The minimum absolute atomic E-state index is 0.103. The largest absolute Gasteiger partial charge is 0.493 e. The first-order chi connectivity index (χ1) is 15.6. The van der Waals surface area contributed by atoms with E-state index in [1.165, 1.54) is 19.3 Å². The molecule has 0 saturated heterocycles. The smallest absolute Gasteiger partial charge is 0.273 e. The summed E-state index contributed by atoms with van der Waals surface area (Å²) < 4.78 is 5.87. The van der Waals surface area contributed by atoms with E-state index >= 15 is 0 Å². The van der Waals surface area contributed by atoms with Crippen LogP contribution in [0.3, 0.4) is 0 Å². The summed E-state index contributed by atoms with van der Waals surface area (Å²) in [5.74, 6) is 1.65. The van der Waals surface area contributed by atoms with Gasteiger partial charge < -0.3 is 15.0 Å². The number of carbonyl (C=O) groups is 1. The zero-order valence-electron chi connectivity index (χ0n) is 18.2. The number of ether oxygens (including phenoxy) is 1. The van der Waals surface area contributed by atoms with E-state index in [4.69, 9.17) is 4.74 Å². The van der Waals surface area contributed by atoms with Crippen LogP contribution in [0.1, 0.15) is 49.9 Å². The van der Waals surface area contributed by atoms with Crippen molar-refractivity contribution in [2.45, 2.75) is 45.1 Å². The van der Waals surface area contributed by atoms with E-state index in [0.29, 0.717) is 11.7 Å². The van der Waals surface area contributed by atoms with Crippen LogP contribution in [0.15, 0.2) is 59.4 Å². The molecule has 1 aliphatic carbocycles. The van der Waals surface area contributed by atoms with Gasteiger partial charge >= 0.3 is 0 Å². The SMILES string of the molecule is CC(NC(=O)CCc1nnc(-c2cccc(OCC3CCC3)c2)[nH]c1=O)c1ccccc1. The highest BCUT2D eigenvalue weighted by molar-refractivity contribution is 5.76. The molecule has 1 heterocycles. The highest BCUT2D eigenvalue weighted by Crippen LogP contribution is 2.28. The molecule has 3 aromatic rings. The Labute approximate surface area is 187 Å². The molecule has 1 aromatic heterocycles. The summed E-state index contributed by atoms with van der Waals surface area (Å²) >= 11 is 0. The number of H-pyrrole nitrogens is 1. The second kappa shape index (κ2) is 10.2. The number of hydrogen-bond acceptors (Lipinski definition) is 5. The molecule has 1 unspecified atom stereocenters. The van der Waals surface area contributed by atoms with Gasteiger partial charge in [-0.25, -0.2) is 0 Å². The first-order valence-electron chi connectivity index (χ1n) is 11.1. The predicted molar refractivity (Wildman–Crippen MR) is 122 cm³/mol. The predicted octanol–water partition coefficient (Wildman–Crippen LogP) is 3.82. The molecule has 1 saturated carbocycles. The monoisotopic (exact) mass is 432 g/mol. The second-order valence-corrected chi connectivity index (χ2v) is 8.29. The lowest BCUT2D eigenvalue weighted by Gasteiger charge is -2.25. The quantitative estimate of drug-likeness (QED) is 0.536. The Balaban J connectivity index is 1.34. The van der Waals surface area contributed by atoms with Gasteiger partial charge in [-0.3, -0.25) is 9.59 Å². The zero-order chi connectivity index (χ0) is 22.3. The number of amides is 1. The molecule has 32 heavy (non-hydrogen) atoms. The van der Waals surface area contributed by atoms with E-state index in [2.05, 4.69) is 20.5 Å². The van der Waals surface area contributed by atoms with E-state index < -0.39 is 0 Å². The molecule has 1 atom stereocenters. The summed E-state index contributed by atoms with van der Waals surface area (Å²) in [6, 6.07) is 17.1. The van der Waals surface area contributed by atoms with Gasteiger partial charge in [0.1, 0.15) is 11.4 Å². The molecule has 2 N–H and O–H groups in total. The fourth-order valence-corrected chi connectivity index (χ4v) is 3.63. The van der Waals surface area contributed by atoms with Crippen molar-refractivity contribution in [3.63, 3.8) is 0 Å². The van der Waals surface area contributed by atoms with Crippen LogP contribution in [0.4, 0.5) is 0 Å². The second-order valence-electron chi connectivity index (χ2n) is 8.29. The molecule has 1 amide bonds. The fourth-order valence-electron chi connectivity index (χ4n) is 3.63. The zero-order valence-corrected chi connectivity index (χ0v) is 18.2. The summed E-state index contributed by atoms with van der Waals surface area (Å²) in [5, 5.41) is 11.2. The van der Waals surface area contributed by atoms with E-state index in [9.17, 15) is 9.59 Å². The molecule has 0 radical (unpaired) electrons.